The van der Waals surface area contributed by atoms with E-state index in [4.69, 9.17) is 13.9 Å². The quantitative estimate of drug-likeness (QED) is 0.278. The molecule has 0 fully saturated rings. The standard InChI is InChI=1S/C25H20BrNO3/c1-17-3-13-23(24(26)15-17)25-14-12-22(30-25)16-27-18-4-6-20(7-5-18)29-21-10-8-19(28-2)9-11-21/h3-16H,1-2H3. The van der Waals surface area contributed by atoms with Crippen LogP contribution in [-0.4, -0.2) is 13.3 Å². The first kappa shape index (κ1) is 20.0. The van der Waals surface area contributed by atoms with E-state index in [9.17, 15) is 0 Å². The van der Waals surface area contributed by atoms with E-state index in [1.165, 1.54) is 5.56 Å². The highest BCUT2D eigenvalue weighted by Gasteiger charge is 2.07. The van der Waals surface area contributed by atoms with Gasteiger partial charge in [0.05, 0.1) is 19.0 Å². The summed E-state index contributed by atoms with van der Waals surface area (Å²) in [4.78, 5) is 4.49. The summed E-state index contributed by atoms with van der Waals surface area (Å²) in [6.07, 6.45) is 1.71. The van der Waals surface area contributed by atoms with E-state index >= 15 is 0 Å². The maximum atomic E-state index is 5.92. The molecule has 4 rings (SSSR count). The van der Waals surface area contributed by atoms with Crippen molar-refractivity contribution < 1.29 is 13.9 Å². The Balaban J connectivity index is 1.42. The van der Waals surface area contributed by atoms with E-state index in [1.54, 1.807) is 13.3 Å². The van der Waals surface area contributed by atoms with Crippen LogP contribution in [0.3, 0.4) is 0 Å². The Morgan fingerprint density at radius 2 is 1.50 bits per heavy atom. The molecule has 1 aromatic heterocycles. The average molecular weight is 462 g/mol. The van der Waals surface area contributed by atoms with E-state index in [0.29, 0.717) is 5.76 Å². The number of furan rings is 1. The number of hydrogen-bond donors (Lipinski definition) is 0. The predicted octanol–water partition coefficient (Wildman–Crippen LogP) is 7.57. The Hall–Kier alpha value is -3.31. The Morgan fingerprint density at radius 3 is 2.17 bits per heavy atom. The number of rotatable bonds is 6. The summed E-state index contributed by atoms with van der Waals surface area (Å²) >= 11 is 3.59. The maximum absolute atomic E-state index is 5.92. The summed E-state index contributed by atoms with van der Waals surface area (Å²) in [6.45, 7) is 2.06. The first-order chi connectivity index (χ1) is 14.6. The van der Waals surface area contributed by atoms with Crippen LogP contribution >= 0.6 is 15.9 Å². The molecule has 0 N–H and O–H groups in total. The molecule has 150 valence electrons. The van der Waals surface area contributed by atoms with Crippen molar-refractivity contribution in [2.45, 2.75) is 6.92 Å². The molecule has 30 heavy (non-hydrogen) atoms. The van der Waals surface area contributed by atoms with E-state index in [0.717, 1.165) is 38.7 Å². The van der Waals surface area contributed by atoms with Crippen molar-refractivity contribution in [3.8, 4) is 28.6 Å². The predicted molar refractivity (Wildman–Crippen MR) is 123 cm³/mol. The van der Waals surface area contributed by atoms with Crippen LogP contribution in [0.2, 0.25) is 0 Å². The zero-order chi connectivity index (χ0) is 20.9. The zero-order valence-corrected chi connectivity index (χ0v) is 18.2. The van der Waals surface area contributed by atoms with Gasteiger partial charge in [-0.15, -0.1) is 0 Å². The lowest BCUT2D eigenvalue weighted by atomic mass is 10.1. The second-order valence-corrected chi connectivity index (χ2v) is 7.57. The maximum Gasteiger partial charge on any atom is 0.145 e. The van der Waals surface area contributed by atoms with Crippen molar-refractivity contribution in [1.29, 1.82) is 0 Å². The molecule has 0 unspecified atom stereocenters. The third kappa shape index (κ3) is 4.81. The van der Waals surface area contributed by atoms with E-state index < -0.39 is 0 Å². The average Bonchev–Trinajstić information content (AvgIpc) is 3.22. The van der Waals surface area contributed by atoms with Gasteiger partial charge < -0.3 is 13.9 Å². The van der Waals surface area contributed by atoms with Gasteiger partial charge in [0.2, 0.25) is 0 Å². The third-order valence-corrected chi connectivity index (χ3v) is 5.15. The number of benzene rings is 3. The van der Waals surface area contributed by atoms with Crippen LogP contribution in [0.15, 0.2) is 92.7 Å². The highest BCUT2D eigenvalue weighted by molar-refractivity contribution is 9.10. The fourth-order valence-electron chi connectivity index (χ4n) is 2.91. The van der Waals surface area contributed by atoms with Gasteiger partial charge in [-0.3, -0.25) is 4.99 Å². The fraction of sp³-hybridized carbons (Fsp3) is 0.0800. The molecule has 0 radical (unpaired) electrons. The van der Waals surface area contributed by atoms with Crippen LogP contribution in [0.5, 0.6) is 17.2 Å². The largest absolute Gasteiger partial charge is 0.497 e. The lowest BCUT2D eigenvalue weighted by Crippen LogP contribution is -1.85. The Morgan fingerprint density at radius 1 is 0.833 bits per heavy atom. The first-order valence-electron chi connectivity index (χ1n) is 9.43. The summed E-state index contributed by atoms with van der Waals surface area (Å²) in [5.74, 6) is 3.77. The molecule has 3 aromatic carbocycles. The van der Waals surface area contributed by atoms with Gasteiger partial charge in [0.1, 0.15) is 28.8 Å². The highest BCUT2D eigenvalue weighted by atomic mass is 79.9. The molecule has 4 nitrogen and oxygen atoms in total. The van der Waals surface area contributed by atoms with Crippen LogP contribution in [0.25, 0.3) is 11.3 Å². The normalized spacial score (nSPS) is 11.0. The highest BCUT2D eigenvalue weighted by Crippen LogP contribution is 2.30. The monoisotopic (exact) mass is 461 g/mol. The molecule has 0 aliphatic heterocycles. The van der Waals surface area contributed by atoms with Gasteiger partial charge in [-0.1, -0.05) is 22.0 Å². The lowest BCUT2D eigenvalue weighted by Gasteiger charge is -2.06. The minimum atomic E-state index is 0.691. The molecule has 4 aromatic rings. The van der Waals surface area contributed by atoms with Gasteiger partial charge in [0, 0.05) is 10.0 Å². The molecular weight excluding hydrogens is 442 g/mol. The molecule has 0 bridgehead atoms. The van der Waals surface area contributed by atoms with Gasteiger partial charge in [-0.05, 0) is 85.3 Å². The Kier molecular flexibility index (Phi) is 6.00. The van der Waals surface area contributed by atoms with Crippen molar-refractivity contribution in [3.63, 3.8) is 0 Å². The van der Waals surface area contributed by atoms with Crippen molar-refractivity contribution in [1.82, 2.24) is 0 Å². The van der Waals surface area contributed by atoms with E-state index in [-0.39, 0.29) is 0 Å². The summed E-state index contributed by atoms with van der Waals surface area (Å²) in [5, 5.41) is 0. The minimum Gasteiger partial charge on any atom is -0.497 e. The van der Waals surface area contributed by atoms with Crippen molar-refractivity contribution in [2.24, 2.45) is 4.99 Å². The molecule has 5 heteroatoms. The zero-order valence-electron chi connectivity index (χ0n) is 16.6. The van der Waals surface area contributed by atoms with Crippen LogP contribution in [0, 0.1) is 6.92 Å². The SMILES string of the molecule is COc1ccc(Oc2ccc(N=Cc3ccc(-c4ccc(C)cc4Br)o3)cc2)cc1. The molecule has 0 amide bonds. The third-order valence-electron chi connectivity index (χ3n) is 4.49. The second kappa shape index (κ2) is 9.01. The number of nitrogens with zero attached hydrogens (tertiary/aromatic N) is 1. The second-order valence-electron chi connectivity index (χ2n) is 6.72. The molecule has 0 atom stereocenters. The number of hydrogen-bond acceptors (Lipinski definition) is 4. The number of ether oxygens (including phenoxy) is 2. The van der Waals surface area contributed by atoms with E-state index in [2.05, 4.69) is 40.0 Å². The van der Waals surface area contributed by atoms with Gasteiger partial charge in [0.25, 0.3) is 0 Å². The van der Waals surface area contributed by atoms with Crippen LogP contribution < -0.4 is 9.47 Å². The minimum absolute atomic E-state index is 0.691. The number of halogens is 1. The van der Waals surface area contributed by atoms with Crippen molar-refractivity contribution in [3.05, 3.63) is 94.7 Å². The number of aliphatic imine (C=N–C) groups is 1. The Bertz CT molecular complexity index is 1160. The smallest absolute Gasteiger partial charge is 0.145 e. The van der Waals surface area contributed by atoms with Gasteiger partial charge in [-0.2, -0.15) is 0 Å². The topological polar surface area (TPSA) is 44.0 Å². The van der Waals surface area contributed by atoms with Gasteiger partial charge >= 0.3 is 0 Å². The summed E-state index contributed by atoms with van der Waals surface area (Å²) in [6, 6.07) is 25.1. The van der Waals surface area contributed by atoms with Gasteiger partial charge in [-0.25, -0.2) is 0 Å². The van der Waals surface area contributed by atoms with Crippen molar-refractivity contribution in [2.75, 3.05) is 7.11 Å². The van der Waals surface area contributed by atoms with E-state index in [1.807, 2.05) is 66.7 Å². The molecule has 0 aliphatic rings. The molecule has 0 spiro atoms. The molecule has 0 aliphatic carbocycles. The van der Waals surface area contributed by atoms with Crippen LogP contribution in [0.4, 0.5) is 5.69 Å². The fourth-order valence-corrected chi connectivity index (χ4v) is 3.59. The van der Waals surface area contributed by atoms with Crippen LogP contribution in [0.1, 0.15) is 11.3 Å². The van der Waals surface area contributed by atoms with Crippen molar-refractivity contribution >= 4 is 27.8 Å². The van der Waals surface area contributed by atoms with Gasteiger partial charge in [0.15, 0.2) is 0 Å². The summed E-state index contributed by atoms with van der Waals surface area (Å²) < 4.78 is 17.9. The van der Waals surface area contributed by atoms with Crippen LogP contribution in [-0.2, 0) is 0 Å². The molecule has 0 saturated carbocycles. The molecular formula is C25H20BrNO3. The lowest BCUT2D eigenvalue weighted by molar-refractivity contribution is 0.413. The molecule has 0 saturated heterocycles. The summed E-state index contributed by atoms with van der Waals surface area (Å²) in [7, 11) is 1.64. The molecule has 1 heterocycles. The first-order valence-corrected chi connectivity index (χ1v) is 10.2. The number of aryl methyl sites for hydroxylation is 1. The summed E-state index contributed by atoms with van der Waals surface area (Å²) in [5.41, 5.74) is 3.02. The Labute approximate surface area is 183 Å². The number of methoxy groups -OCH3 is 1.